The van der Waals surface area contributed by atoms with E-state index in [9.17, 15) is 19.5 Å². The number of nitrogens with zero attached hydrogens (tertiary/aromatic N) is 1. The Morgan fingerprint density at radius 2 is 1.69 bits per heavy atom. The van der Waals surface area contributed by atoms with Crippen molar-refractivity contribution in [3.8, 4) is 0 Å². The van der Waals surface area contributed by atoms with E-state index in [1.165, 1.54) is 0 Å². The summed E-state index contributed by atoms with van der Waals surface area (Å²) in [5.74, 6) is -1.30. The second-order valence-corrected chi connectivity index (χ2v) is 12.8. The van der Waals surface area contributed by atoms with Gasteiger partial charge in [-0.05, 0) is 63.6 Å². The van der Waals surface area contributed by atoms with Gasteiger partial charge >= 0.3 is 5.97 Å². The number of hydrogen-bond acceptors (Lipinski definition) is 5. The molecule has 36 heavy (non-hydrogen) atoms. The van der Waals surface area contributed by atoms with Gasteiger partial charge in [0.05, 0.1) is 11.5 Å². The average molecular weight is 521 g/mol. The molecule has 0 aromatic heterocycles. The van der Waals surface area contributed by atoms with Crippen LogP contribution >= 0.6 is 11.6 Å². The van der Waals surface area contributed by atoms with E-state index < -0.39 is 22.7 Å². The van der Waals surface area contributed by atoms with Crippen LogP contribution in [0.4, 0.5) is 0 Å². The molecule has 1 saturated carbocycles. The van der Waals surface area contributed by atoms with Gasteiger partial charge < -0.3 is 20.1 Å². The number of piperidine rings is 1. The van der Waals surface area contributed by atoms with E-state index in [0.29, 0.717) is 37.4 Å². The van der Waals surface area contributed by atoms with Gasteiger partial charge in [-0.25, -0.2) is 0 Å². The summed E-state index contributed by atoms with van der Waals surface area (Å²) in [6.45, 7) is 13.9. The Morgan fingerprint density at radius 1 is 1.11 bits per heavy atom. The quantitative estimate of drug-likeness (QED) is 0.545. The molecular formula is C28H41ClN2O5. The number of likely N-dealkylation sites (tertiary alicyclic amines) is 1. The first-order chi connectivity index (χ1) is 16.5. The topological polar surface area (TPSA) is 95.9 Å². The van der Waals surface area contributed by atoms with Crippen LogP contribution in [0.5, 0.6) is 0 Å². The summed E-state index contributed by atoms with van der Waals surface area (Å²) < 4.78 is 5.42. The van der Waals surface area contributed by atoms with Gasteiger partial charge in [-0.1, -0.05) is 51.4 Å². The molecule has 1 saturated heterocycles. The lowest BCUT2D eigenvalue weighted by molar-refractivity contribution is -0.166. The van der Waals surface area contributed by atoms with Crippen LogP contribution in [0.15, 0.2) is 24.3 Å². The summed E-state index contributed by atoms with van der Waals surface area (Å²) in [4.78, 5) is 40.5. The summed E-state index contributed by atoms with van der Waals surface area (Å²) >= 11 is 6.03. The fourth-order valence-electron chi connectivity index (χ4n) is 5.16. The van der Waals surface area contributed by atoms with E-state index in [-0.39, 0.29) is 35.5 Å². The summed E-state index contributed by atoms with van der Waals surface area (Å²) in [5, 5.41) is 15.2. The first kappa shape index (κ1) is 28.5. The molecule has 2 aliphatic rings. The molecule has 1 aromatic rings. The number of benzene rings is 1. The number of carbonyl (C=O) groups is 3. The van der Waals surface area contributed by atoms with Crippen molar-refractivity contribution in [2.45, 2.75) is 85.0 Å². The van der Waals surface area contributed by atoms with Crippen molar-refractivity contribution in [1.29, 1.82) is 0 Å². The summed E-state index contributed by atoms with van der Waals surface area (Å²) in [6.07, 6.45) is 1.25. The molecule has 0 spiro atoms. The minimum Gasteiger partial charge on any atom is -0.460 e. The first-order valence-corrected chi connectivity index (χ1v) is 13.2. The Bertz CT molecular complexity index is 979. The number of esters is 1. The van der Waals surface area contributed by atoms with Gasteiger partial charge in [0.2, 0.25) is 11.8 Å². The minimum absolute atomic E-state index is 0.108. The predicted octanol–water partition coefficient (Wildman–Crippen LogP) is 4.29. The maximum absolute atomic E-state index is 13.6. The molecule has 2 amide bonds. The number of aliphatic hydroxyl groups is 1. The second kappa shape index (κ2) is 10.3. The van der Waals surface area contributed by atoms with Crippen molar-refractivity contribution < 1.29 is 24.2 Å². The molecule has 2 N–H and O–H groups in total. The average Bonchev–Trinajstić information content (AvgIpc) is 2.71. The molecule has 0 radical (unpaired) electrons. The van der Waals surface area contributed by atoms with E-state index in [1.54, 1.807) is 17.0 Å². The van der Waals surface area contributed by atoms with Crippen molar-refractivity contribution in [2.75, 3.05) is 13.1 Å². The third-order valence-electron chi connectivity index (χ3n) is 7.56. The highest BCUT2D eigenvalue weighted by molar-refractivity contribution is 6.30. The number of halogens is 1. The number of carbonyl (C=O) groups excluding carboxylic acids is 3. The fraction of sp³-hybridized carbons (Fsp3) is 0.679. The standard InChI is InChI=1S/C28H41ClN2O5/c1-17(2)22(30-23(32)18-14-19(15-18)25(34)36-26(3,4)5)24(33)31-13-12-28(35,27(6,7)16-31)20-8-10-21(29)11-9-20/h8-11,17-19,22,35H,12-16H2,1-7H3,(H,30,32)/t18?,19?,22-,28+/m1/s1. The molecule has 2 atom stereocenters. The molecule has 200 valence electrons. The third kappa shape index (κ3) is 6.05. The maximum atomic E-state index is 13.6. The molecule has 2 fully saturated rings. The van der Waals surface area contributed by atoms with Crippen molar-refractivity contribution >= 4 is 29.4 Å². The highest BCUT2D eigenvalue weighted by Crippen LogP contribution is 2.46. The Hall–Kier alpha value is -2.12. The predicted molar refractivity (Wildman–Crippen MR) is 139 cm³/mol. The van der Waals surface area contributed by atoms with Gasteiger partial charge in [-0.15, -0.1) is 0 Å². The Kier molecular flexibility index (Phi) is 8.16. The lowest BCUT2D eigenvalue weighted by Crippen LogP contribution is -2.61. The Morgan fingerprint density at radius 3 is 2.19 bits per heavy atom. The van der Waals surface area contributed by atoms with Gasteiger partial charge in [0.15, 0.2) is 0 Å². The van der Waals surface area contributed by atoms with Crippen LogP contribution in [0, 0.1) is 23.2 Å². The van der Waals surface area contributed by atoms with Gasteiger partial charge in [-0.3, -0.25) is 14.4 Å². The summed E-state index contributed by atoms with van der Waals surface area (Å²) in [5.41, 5.74) is -1.49. The Balaban J connectivity index is 1.62. The van der Waals surface area contributed by atoms with E-state index in [0.717, 1.165) is 5.56 Å². The molecule has 8 heteroatoms. The van der Waals surface area contributed by atoms with Crippen LogP contribution in [-0.4, -0.2) is 52.5 Å². The van der Waals surface area contributed by atoms with Gasteiger partial charge in [0.1, 0.15) is 11.6 Å². The van der Waals surface area contributed by atoms with E-state index in [4.69, 9.17) is 16.3 Å². The largest absolute Gasteiger partial charge is 0.460 e. The lowest BCUT2D eigenvalue weighted by Gasteiger charge is -2.51. The van der Waals surface area contributed by atoms with Gasteiger partial charge in [-0.2, -0.15) is 0 Å². The molecular weight excluding hydrogens is 480 g/mol. The lowest BCUT2D eigenvalue weighted by atomic mass is 9.66. The summed E-state index contributed by atoms with van der Waals surface area (Å²) in [7, 11) is 0. The highest BCUT2D eigenvalue weighted by atomic mass is 35.5. The molecule has 1 aliphatic carbocycles. The number of ether oxygens (including phenoxy) is 1. The zero-order valence-corrected chi connectivity index (χ0v) is 23.3. The fourth-order valence-corrected chi connectivity index (χ4v) is 5.29. The minimum atomic E-state index is -1.10. The number of nitrogens with one attached hydrogen (secondary N) is 1. The molecule has 0 unspecified atom stereocenters. The third-order valence-corrected chi connectivity index (χ3v) is 7.81. The van der Waals surface area contributed by atoms with Crippen molar-refractivity contribution in [3.05, 3.63) is 34.9 Å². The maximum Gasteiger partial charge on any atom is 0.309 e. The SMILES string of the molecule is CC(C)[C@@H](NC(=O)C1CC(C(=O)OC(C)(C)C)C1)C(=O)N1CC[C@](O)(c2ccc(Cl)cc2)C(C)(C)C1. The smallest absolute Gasteiger partial charge is 0.309 e. The first-order valence-electron chi connectivity index (χ1n) is 12.8. The molecule has 1 aliphatic heterocycles. The number of hydrogen-bond donors (Lipinski definition) is 2. The van der Waals surface area contributed by atoms with Crippen LogP contribution in [0.2, 0.25) is 5.02 Å². The van der Waals surface area contributed by atoms with Gasteiger partial charge in [0.25, 0.3) is 0 Å². The van der Waals surface area contributed by atoms with Crippen LogP contribution in [0.25, 0.3) is 0 Å². The molecule has 3 rings (SSSR count). The molecule has 1 heterocycles. The van der Waals surface area contributed by atoms with E-state index >= 15 is 0 Å². The number of rotatable bonds is 6. The van der Waals surface area contributed by atoms with Crippen molar-refractivity contribution in [2.24, 2.45) is 23.2 Å². The van der Waals surface area contributed by atoms with Crippen molar-refractivity contribution in [3.63, 3.8) is 0 Å². The Labute approximate surface area is 219 Å². The van der Waals surface area contributed by atoms with E-state index in [2.05, 4.69) is 5.32 Å². The van der Waals surface area contributed by atoms with Gasteiger partial charge in [0, 0.05) is 29.4 Å². The van der Waals surface area contributed by atoms with Crippen LogP contribution in [0.3, 0.4) is 0 Å². The summed E-state index contributed by atoms with van der Waals surface area (Å²) in [6, 6.07) is 6.53. The van der Waals surface area contributed by atoms with Crippen LogP contribution < -0.4 is 5.32 Å². The normalized spacial score (nSPS) is 26.7. The van der Waals surface area contributed by atoms with E-state index in [1.807, 2.05) is 60.6 Å². The molecule has 7 nitrogen and oxygen atoms in total. The number of amides is 2. The van der Waals surface area contributed by atoms with Crippen LogP contribution in [-0.2, 0) is 24.7 Å². The zero-order valence-electron chi connectivity index (χ0n) is 22.6. The highest BCUT2D eigenvalue weighted by Gasteiger charge is 2.50. The zero-order chi connectivity index (χ0) is 27.1. The van der Waals surface area contributed by atoms with Crippen LogP contribution in [0.1, 0.15) is 73.3 Å². The molecule has 1 aromatic carbocycles. The second-order valence-electron chi connectivity index (χ2n) is 12.4. The molecule has 0 bridgehead atoms. The van der Waals surface area contributed by atoms with Crippen molar-refractivity contribution in [1.82, 2.24) is 10.2 Å². The monoisotopic (exact) mass is 520 g/mol.